The van der Waals surface area contributed by atoms with Gasteiger partial charge in [-0.05, 0) is 30.2 Å². The van der Waals surface area contributed by atoms with Gasteiger partial charge >= 0.3 is 6.18 Å². The van der Waals surface area contributed by atoms with Crippen molar-refractivity contribution in [2.75, 3.05) is 0 Å². The summed E-state index contributed by atoms with van der Waals surface area (Å²) < 4.78 is 38.1. The van der Waals surface area contributed by atoms with Crippen LogP contribution in [0.4, 0.5) is 13.2 Å². The van der Waals surface area contributed by atoms with Gasteiger partial charge in [0.25, 0.3) is 0 Å². The average molecular weight is 232 g/mol. The molecule has 16 heavy (non-hydrogen) atoms. The highest BCUT2D eigenvalue weighted by molar-refractivity contribution is 5.22. The maximum atomic E-state index is 12.3. The largest absolute Gasteiger partial charge is 0.408 e. The SMILES string of the molecule is CC1(C)CCc2cnn(CC(F)(F)F)c2C1. The number of fused-ring (bicyclic) bond motifs is 1. The summed E-state index contributed by atoms with van der Waals surface area (Å²) in [6, 6.07) is 0. The molecule has 0 fully saturated rings. The Bertz CT molecular complexity index is 390. The van der Waals surface area contributed by atoms with Crippen LogP contribution in [-0.4, -0.2) is 16.0 Å². The third kappa shape index (κ3) is 2.39. The molecular formula is C11H15F3N2. The molecule has 2 nitrogen and oxygen atoms in total. The Morgan fingerprint density at radius 3 is 2.75 bits per heavy atom. The molecule has 0 saturated heterocycles. The van der Waals surface area contributed by atoms with Crippen LogP contribution in [0.25, 0.3) is 0 Å². The number of aryl methyl sites for hydroxylation is 1. The van der Waals surface area contributed by atoms with E-state index in [0.29, 0.717) is 6.42 Å². The monoisotopic (exact) mass is 232 g/mol. The van der Waals surface area contributed by atoms with Crippen LogP contribution in [0.15, 0.2) is 6.20 Å². The Balaban J connectivity index is 2.27. The summed E-state index contributed by atoms with van der Waals surface area (Å²) in [5.41, 5.74) is 1.81. The smallest absolute Gasteiger partial charge is 0.260 e. The van der Waals surface area contributed by atoms with E-state index in [9.17, 15) is 13.2 Å². The Labute approximate surface area is 92.4 Å². The first kappa shape index (κ1) is 11.5. The van der Waals surface area contributed by atoms with Crippen LogP contribution in [-0.2, 0) is 19.4 Å². The number of rotatable bonds is 1. The number of hydrogen-bond acceptors (Lipinski definition) is 1. The molecule has 1 aromatic rings. The van der Waals surface area contributed by atoms with E-state index >= 15 is 0 Å². The number of hydrogen-bond donors (Lipinski definition) is 0. The maximum Gasteiger partial charge on any atom is 0.408 e. The van der Waals surface area contributed by atoms with Crippen molar-refractivity contribution >= 4 is 0 Å². The summed E-state index contributed by atoms with van der Waals surface area (Å²) in [7, 11) is 0. The maximum absolute atomic E-state index is 12.3. The van der Waals surface area contributed by atoms with Gasteiger partial charge < -0.3 is 0 Å². The van der Waals surface area contributed by atoms with E-state index in [4.69, 9.17) is 0 Å². The molecule has 0 atom stereocenters. The molecule has 1 aliphatic rings. The quantitative estimate of drug-likeness (QED) is 0.727. The van der Waals surface area contributed by atoms with Crippen LogP contribution in [0.5, 0.6) is 0 Å². The molecule has 0 amide bonds. The van der Waals surface area contributed by atoms with Gasteiger partial charge in [0, 0.05) is 5.69 Å². The van der Waals surface area contributed by atoms with Gasteiger partial charge in [-0.1, -0.05) is 13.8 Å². The lowest BCUT2D eigenvalue weighted by Crippen LogP contribution is -2.27. The van der Waals surface area contributed by atoms with Crippen molar-refractivity contribution in [3.05, 3.63) is 17.5 Å². The lowest BCUT2D eigenvalue weighted by atomic mass is 9.77. The fourth-order valence-corrected chi connectivity index (χ4v) is 2.18. The summed E-state index contributed by atoms with van der Waals surface area (Å²) >= 11 is 0. The average Bonchev–Trinajstić information content (AvgIpc) is 2.44. The highest BCUT2D eigenvalue weighted by atomic mass is 19.4. The second-order valence-corrected chi connectivity index (χ2v) is 5.23. The molecular weight excluding hydrogens is 217 g/mol. The molecule has 0 aromatic carbocycles. The van der Waals surface area contributed by atoms with Crippen LogP contribution < -0.4 is 0 Å². The third-order valence-electron chi connectivity index (χ3n) is 3.08. The molecule has 1 aliphatic carbocycles. The van der Waals surface area contributed by atoms with E-state index in [-0.39, 0.29) is 5.41 Å². The minimum Gasteiger partial charge on any atom is -0.260 e. The van der Waals surface area contributed by atoms with Gasteiger partial charge in [0.2, 0.25) is 0 Å². The van der Waals surface area contributed by atoms with Gasteiger partial charge in [0.05, 0.1) is 6.20 Å². The molecule has 1 aromatic heterocycles. The van der Waals surface area contributed by atoms with Gasteiger partial charge in [-0.2, -0.15) is 18.3 Å². The van der Waals surface area contributed by atoms with Crippen molar-refractivity contribution in [2.45, 2.75) is 45.8 Å². The molecule has 0 unspecified atom stereocenters. The van der Waals surface area contributed by atoms with Crippen molar-refractivity contribution in [2.24, 2.45) is 5.41 Å². The van der Waals surface area contributed by atoms with Crippen LogP contribution in [0.1, 0.15) is 31.5 Å². The lowest BCUT2D eigenvalue weighted by molar-refractivity contribution is -0.143. The summed E-state index contributed by atoms with van der Waals surface area (Å²) in [5, 5.41) is 3.85. The van der Waals surface area contributed by atoms with Gasteiger partial charge in [-0.25, -0.2) is 0 Å². The highest BCUT2D eigenvalue weighted by Gasteiger charge is 2.33. The summed E-state index contributed by atoms with van der Waals surface area (Å²) in [6.07, 6.45) is -0.0893. The zero-order chi connectivity index (χ0) is 12.0. The van der Waals surface area contributed by atoms with Gasteiger partial charge in [0.1, 0.15) is 6.54 Å². The minimum absolute atomic E-state index is 0.0797. The number of halogens is 3. The standard InChI is InChI=1S/C11H15F3N2/c1-10(2)4-3-8-6-15-16(9(8)5-10)7-11(12,13)14/h6H,3-5,7H2,1-2H3. The zero-order valence-corrected chi connectivity index (χ0v) is 9.43. The minimum atomic E-state index is -4.19. The lowest BCUT2D eigenvalue weighted by Gasteiger charge is -2.30. The predicted octanol–water partition coefficient (Wildman–Crippen LogP) is 2.96. The van der Waals surface area contributed by atoms with Gasteiger partial charge in [-0.15, -0.1) is 0 Å². The topological polar surface area (TPSA) is 17.8 Å². The molecule has 5 heteroatoms. The molecule has 90 valence electrons. The van der Waals surface area contributed by atoms with E-state index in [1.54, 1.807) is 6.20 Å². The Morgan fingerprint density at radius 2 is 2.12 bits per heavy atom. The first-order valence-electron chi connectivity index (χ1n) is 5.37. The Kier molecular flexibility index (Phi) is 2.51. The number of nitrogens with zero attached hydrogens (tertiary/aromatic N) is 2. The molecule has 1 heterocycles. The van der Waals surface area contributed by atoms with E-state index in [0.717, 1.165) is 28.8 Å². The predicted molar refractivity (Wildman–Crippen MR) is 54.1 cm³/mol. The summed E-state index contributed by atoms with van der Waals surface area (Å²) in [4.78, 5) is 0. The zero-order valence-electron chi connectivity index (χ0n) is 9.43. The fourth-order valence-electron chi connectivity index (χ4n) is 2.18. The van der Waals surface area contributed by atoms with Crippen molar-refractivity contribution in [3.8, 4) is 0 Å². The van der Waals surface area contributed by atoms with Crippen molar-refractivity contribution in [1.82, 2.24) is 9.78 Å². The molecule has 0 aliphatic heterocycles. The van der Waals surface area contributed by atoms with Crippen molar-refractivity contribution in [3.63, 3.8) is 0 Å². The Morgan fingerprint density at radius 1 is 1.44 bits per heavy atom. The number of alkyl halides is 3. The van der Waals surface area contributed by atoms with Gasteiger partial charge in [-0.3, -0.25) is 4.68 Å². The van der Waals surface area contributed by atoms with E-state index in [1.165, 1.54) is 0 Å². The Hall–Kier alpha value is -1.00. The second kappa shape index (κ2) is 3.50. The van der Waals surface area contributed by atoms with Crippen LogP contribution in [0, 0.1) is 5.41 Å². The normalized spacial score (nSPS) is 19.6. The van der Waals surface area contributed by atoms with Crippen LogP contribution in [0.2, 0.25) is 0 Å². The molecule has 0 saturated carbocycles. The van der Waals surface area contributed by atoms with Crippen LogP contribution in [0.3, 0.4) is 0 Å². The molecule has 0 radical (unpaired) electrons. The van der Waals surface area contributed by atoms with Crippen molar-refractivity contribution in [1.29, 1.82) is 0 Å². The molecule has 2 rings (SSSR count). The second-order valence-electron chi connectivity index (χ2n) is 5.23. The molecule has 0 N–H and O–H groups in total. The molecule has 0 spiro atoms. The van der Waals surface area contributed by atoms with E-state index in [2.05, 4.69) is 18.9 Å². The summed E-state index contributed by atoms with van der Waals surface area (Å²) in [6.45, 7) is 3.19. The van der Waals surface area contributed by atoms with E-state index in [1.807, 2.05) is 0 Å². The summed E-state index contributed by atoms with van der Waals surface area (Å²) in [5.74, 6) is 0. The molecule has 0 bridgehead atoms. The third-order valence-corrected chi connectivity index (χ3v) is 3.08. The first-order valence-corrected chi connectivity index (χ1v) is 5.37. The van der Waals surface area contributed by atoms with Gasteiger partial charge in [0.15, 0.2) is 0 Å². The first-order chi connectivity index (χ1) is 7.27. The highest BCUT2D eigenvalue weighted by Crippen LogP contribution is 2.35. The van der Waals surface area contributed by atoms with Crippen LogP contribution >= 0.6 is 0 Å². The number of aromatic nitrogens is 2. The van der Waals surface area contributed by atoms with Crippen molar-refractivity contribution < 1.29 is 13.2 Å². The van der Waals surface area contributed by atoms with E-state index < -0.39 is 12.7 Å². The fraction of sp³-hybridized carbons (Fsp3) is 0.727.